The Hall–Kier alpha value is -3.26. The van der Waals surface area contributed by atoms with Gasteiger partial charge in [0.15, 0.2) is 0 Å². The average Bonchev–Trinajstić information content (AvgIpc) is 3.17. The minimum atomic E-state index is -0.264. The Morgan fingerprint density at radius 1 is 1.10 bits per heavy atom. The summed E-state index contributed by atoms with van der Waals surface area (Å²) in [5.41, 5.74) is 4.39. The van der Waals surface area contributed by atoms with Gasteiger partial charge in [0.2, 0.25) is 5.16 Å². The predicted molar refractivity (Wildman–Crippen MR) is 119 cm³/mol. The average molecular weight is 436 g/mol. The number of hydrogen-bond acceptors (Lipinski definition) is 5. The van der Waals surface area contributed by atoms with Crippen LogP contribution in [-0.2, 0) is 12.2 Å². The van der Waals surface area contributed by atoms with E-state index in [1.807, 2.05) is 44.2 Å². The summed E-state index contributed by atoms with van der Waals surface area (Å²) in [6, 6.07) is 15.8. The van der Waals surface area contributed by atoms with E-state index in [-0.39, 0.29) is 11.7 Å². The van der Waals surface area contributed by atoms with Crippen LogP contribution in [0.25, 0.3) is 5.78 Å². The minimum Gasteiger partial charge on any atom is -0.352 e. The van der Waals surface area contributed by atoms with Crippen molar-refractivity contribution in [2.75, 3.05) is 6.54 Å². The van der Waals surface area contributed by atoms with Crippen LogP contribution in [0.3, 0.4) is 0 Å². The molecule has 0 radical (unpaired) electrons. The summed E-state index contributed by atoms with van der Waals surface area (Å²) >= 11 is 1.47. The zero-order valence-electron chi connectivity index (χ0n) is 17.3. The first-order valence-electron chi connectivity index (χ1n) is 9.94. The van der Waals surface area contributed by atoms with Gasteiger partial charge in [-0.1, -0.05) is 42.1 Å². The van der Waals surface area contributed by atoms with E-state index in [1.165, 1.54) is 23.9 Å². The Kier molecular flexibility index (Phi) is 6.27. The molecule has 0 aliphatic heterocycles. The van der Waals surface area contributed by atoms with E-state index < -0.39 is 0 Å². The van der Waals surface area contributed by atoms with Gasteiger partial charge in [-0.2, -0.15) is 4.98 Å². The van der Waals surface area contributed by atoms with Gasteiger partial charge in [0.1, 0.15) is 5.82 Å². The topological polar surface area (TPSA) is 72.2 Å². The minimum absolute atomic E-state index is 0.130. The third-order valence-electron chi connectivity index (χ3n) is 4.83. The van der Waals surface area contributed by atoms with Crippen LogP contribution in [0.1, 0.15) is 32.9 Å². The normalized spacial score (nSPS) is 11.1. The first kappa shape index (κ1) is 21.0. The molecule has 4 aromatic rings. The largest absolute Gasteiger partial charge is 0.352 e. The van der Waals surface area contributed by atoms with Crippen molar-refractivity contribution in [1.82, 2.24) is 24.9 Å². The van der Waals surface area contributed by atoms with Gasteiger partial charge in [-0.05, 0) is 55.7 Å². The van der Waals surface area contributed by atoms with Gasteiger partial charge in [-0.25, -0.2) is 13.9 Å². The number of rotatable bonds is 7. The van der Waals surface area contributed by atoms with E-state index in [0.717, 1.165) is 22.5 Å². The number of nitrogens with one attached hydrogen (secondary N) is 1. The highest BCUT2D eigenvalue weighted by atomic mass is 32.2. The number of fused-ring (bicyclic) bond motifs is 1. The maximum Gasteiger partial charge on any atom is 0.253 e. The molecular weight excluding hydrogens is 413 g/mol. The van der Waals surface area contributed by atoms with Crippen molar-refractivity contribution >= 4 is 23.4 Å². The van der Waals surface area contributed by atoms with Gasteiger partial charge in [0.25, 0.3) is 11.7 Å². The second-order valence-electron chi connectivity index (χ2n) is 7.22. The van der Waals surface area contributed by atoms with E-state index in [4.69, 9.17) is 0 Å². The first-order chi connectivity index (χ1) is 15.0. The number of benzene rings is 2. The van der Waals surface area contributed by atoms with Crippen molar-refractivity contribution in [2.45, 2.75) is 31.2 Å². The summed E-state index contributed by atoms with van der Waals surface area (Å²) < 4.78 is 14.7. The summed E-state index contributed by atoms with van der Waals surface area (Å²) in [7, 11) is 0. The van der Waals surface area contributed by atoms with Gasteiger partial charge in [0.05, 0.1) is 0 Å². The molecule has 2 aromatic carbocycles. The summed E-state index contributed by atoms with van der Waals surface area (Å²) in [5, 5.41) is 8.08. The number of amides is 1. The molecule has 2 aromatic heterocycles. The molecule has 4 rings (SSSR count). The van der Waals surface area contributed by atoms with Crippen molar-refractivity contribution in [2.24, 2.45) is 0 Å². The maximum atomic E-state index is 13.0. The van der Waals surface area contributed by atoms with Crippen molar-refractivity contribution in [3.05, 3.63) is 88.5 Å². The fraction of sp³-hybridized carbons (Fsp3) is 0.217. The molecular formula is C23H22FN5OS. The highest BCUT2D eigenvalue weighted by Gasteiger charge is 2.13. The molecule has 0 bridgehead atoms. The van der Waals surface area contributed by atoms with Crippen LogP contribution >= 0.6 is 11.8 Å². The molecule has 0 saturated heterocycles. The third kappa shape index (κ3) is 5.08. The van der Waals surface area contributed by atoms with Crippen LogP contribution in [0.2, 0.25) is 0 Å². The van der Waals surface area contributed by atoms with E-state index in [1.54, 1.807) is 16.6 Å². The molecule has 158 valence electrons. The molecule has 0 spiro atoms. The molecule has 0 fully saturated rings. The van der Waals surface area contributed by atoms with Crippen molar-refractivity contribution < 1.29 is 9.18 Å². The molecule has 8 heteroatoms. The fourth-order valence-electron chi connectivity index (χ4n) is 3.29. The molecule has 0 aliphatic rings. The lowest BCUT2D eigenvalue weighted by Crippen LogP contribution is -2.26. The lowest BCUT2D eigenvalue weighted by Gasteiger charge is -2.09. The van der Waals surface area contributed by atoms with Gasteiger partial charge in [-0.15, -0.1) is 5.10 Å². The number of carbonyl (C=O) groups excluding carboxylic acids is 1. The SMILES string of the molecule is Cc1cc(C)n2nc(SCc3ccccc3C(=O)NCCc3ccc(F)cc3)nc2n1. The molecule has 0 atom stereocenters. The Bertz CT molecular complexity index is 1220. The van der Waals surface area contributed by atoms with Crippen LogP contribution in [-0.4, -0.2) is 32.0 Å². The fourth-order valence-corrected chi connectivity index (χ4v) is 4.11. The van der Waals surface area contributed by atoms with Crippen molar-refractivity contribution in [1.29, 1.82) is 0 Å². The molecule has 1 amide bonds. The number of hydrogen-bond donors (Lipinski definition) is 1. The molecule has 31 heavy (non-hydrogen) atoms. The Balaban J connectivity index is 1.40. The second-order valence-corrected chi connectivity index (χ2v) is 8.17. The molecule has 0 saturated carbocycles. The summed E-state index contributed by atoms with van der Waals surface area (Å²) in [5.74, 6) is 0.748. The zero-order valence-corrected chi connectivity index (χ0v) is 18.1. The summed E-state index contributed by atoms with van der Waals surface area (Å²) in [6.45, 7) is 4.38. The van der Waals surface area contributed by atoms with Crippen LogP contribution in [0, 0.1) is 19.7 Å². The van der Waals surface area contributed by atoms with Gasteiger partial charge < -0.3 is 5.32 Å². The molecule has 0 aliphatic carbocycles. The van der Waals surface area contributed by atoms with Gasteiger partial charge in [0, 0.05) is 29.2 Å². The Morgan fingerprint density at radius 2 is 1.87 bits per heavy atom. The number of aryl methyl sites for hydroxylation is 2. The molecule has 2 heterocycles. The van der Waals surface area contributed by atoms with Gasteiger partial charge in [-0.3, -0.25) is 4.79 Å². The third-order valence-corrected chi connectivity index (χ3v) is 5.72. The summed E-state index contributed by atoms with van der Waals surface area (Å²) in [4.78, 5) is 21.6. The number of nitrogens with zero attached hydrogens (tertiary/aromatic N) is 4. The highest BCUT2D eigenvalue weighted by molar-refractivity contribution is 7.98. The van der Waals surface area contributed by atoms with Crippen LogP contribution in [0.5, 0.6) is 0 Å². The van der Waals surface area contributed by atoms with Crippen LogP contribution in [0.15, 0.2) is 59.8 Å². The van der Waals surface area contributed by atoms with E-state index in [0.29, 0.717) is 35.2 Å². The first-order valence-corrected chi connectivity index (χ1v) is 10.9. The number of halogens is 1. The highest BCUT2D eigenvalue weighted by Crippen LogP contribution is 2.22. The Labute approximate surface area is 183 Å². The van der Waals surface area contributed by atoms with Crippen molar-refractivity contribution in [3.8, 4) is 0 Å². The smallest absolute Gasteiger partial charge is 0.253 e. The Morgan fingerprint density at radius 3 is 2.68 bits per heavy atom. The maximum absolute atomic E-state index is 13.0. The van der Waals surface area contributed by atoms with Crippen LogP contribution < -0.4 is 5.32 Å². The number of thioether (sulfide) groups is 1. The standard InChI is InChI=1S/C23H22FN5OS/c1-15-13-16(2)29-22(26-15)27-23(28-29)31-14-18-5-3-4-6-20(18)21(30)25-12-11-17-7-9-19(24)10-8-17/h3-10,13H,11-12,14H2,1-2H3,(H,25,30). The molecule has 1 N–H and O–H groups in total. The number of carbonyl (C=O) groups is 1. The van der Waals surface area contributed by atoms with Crippen LogP contribution in [0.4, 0.5) is 4.39 Å². The van der Waals surface area contributed by atoms with E-state index in [2.05, 4.69) is 20.4 Å². The van der Waals surface area contributed by atoms with E-state index >= 15 is 0 Å². The summed E-state index contributed by atoms with van der Waals surface area (Å²) in [6.07, 6.45) is 0.639. The monoisotopic (exact) mass is 435 g/mol. The molecule has 6 nitrogen and oxygen atoms in total. The lowest BCUT2D eigenvalue weighted by molar-refractivity contribution is 0.0953. The zero-order chi connectivity index (χ0) is 21.8. The molecule has 0 unspecified atom stereocenters. The van der Waals surface area contributed by atoms with E-state index in [9.17, 15) is 9.18 Å². The van der Waals surface area contributed by atoms with Gasteiger partial charge >= 0.3 is 0 Å². The van der Waals surface area contributed by atoms with Crippen molar-refractivity contribution in [3.63, 3.8) is 0 Å². The lowest BCUT2D eigenvalue weighted by atomic mass is 10.1. The predicted octanol–water partition coefficient (Wildman–Crippen LogP) is 4.15. The quantitative estimate of drug-likeness (QED) is 0.442. The second kappa shape index (κ2) is 9.26. The number of aromatic nitrogens is 4.